The van der Waals surface area contributed by atoms with Gasteiger partial charge in [-0.1, -0.05) is 18.2 Å². The standard InChI is InChI=1S/C21H28N4O/c1-2-24(21(26)15-17-6-8-19(22)9-7-17)16-18-10-13-25(14-11-18)20-5-3-4-12-23-20/h3-9,12,18H,2,10-11,13-16,22H2,1H3. The number of nitrogen functional groups attached to an aromatic ring is 1. The van der Waals surface area contributed by atoms with Gasteiger partial charge in [0.05, 0.1) is 6.42 Å². The van der Waals surface area contributed by atoms with Crippen LogP contribution < -0.4 is 10.6 Å². The zero-order valence-corrected chi connectivity index (χ0v) is 15.5. The van der Waals surface area contributed by atoms with E-state index in [9.17, 15) is 4.79 Å². The first-order valence-corrected chi connectivity index (χ1v) is 9.44. The maximum absolute atomic E-state index is 12.7. The van der Waals surface area contributed by atoms with Crippen LogP contribution in [-0.4, -0.2) is 42.0 Å². The van der Waals surface area contributed by atoms with Gasteiger partial charge in [-0.05, 0) is 55.5 Å². The molecule has 0 saturated carbocycles. The third-order valence-corrected chi connectivity index (χ3v) is 5.14. The lowest BCUT2D eigenvalue weighted by molar-refractivity contribution is -0.131. The Kier molecular flexibility index (Phi) is 6.10. The number of piperidine rings is 1. The molecule has 2 N–H and O–H groups in total. The summed E-state index contributed by atoms with van der Waals surface area (Å²) in [6.07, 6.45) is 4.49. The summed E-state index contributed by atoms with van der Waals surface area (Å²) in [6, 6.07) is 13.6. The normalized spacial score (nSPS) is 15.0. The average Bonchev–Trinajstić information content (AvgIpc) is 2.69. The number of benzene rings is 1. The summed E-state index contributed by atoms with van der Waals surface area (Å²) in [5.41, 5.74) is 7.47. The highest BCUT2D eigenvalue weighted by atomic mass is 16.2. The fraction of sp³-hybridized carbons (Fsp3) is 0.429. The third-order valence-electron chi connectivity index (χ3n) is 5.14. The van der Waals surface area contributed by atoms with Crippen molar-refractivity contribution >= 4 is 17.4 Å². The molecule has 0 aliphatic carbocycles. The zero-order valence-electron chi connectivity index (χ0n) is 15.5. The van der Waals surface area contributed by atoms with Gasteiger partial charge in [-0.2, -0.15) is 0 Å². The molecule has 0 radical (unpaired) electrons. The van der Waals surface area contributed by atoms with Gasteiger partial charge in [-0.3, -0.25) is 4.79 Å². The van der Waals surface area contributed by atoms with Crippen molar-refractivity contribution in [1.29, 1.82) is 0 Å². The predicted octanol–water partition coefficient (Wildman–Crippen LogP) is 2.97. The van der Waals surface area contributed by atoms with E-state index in [4.69, 9.17) is 5.73 Å². The zero-order chi connectivity index (χ0) is 18.4. The molecule has 0 spiro atoms. The molecule has 1 aliphatic heterocycles. The smallest absolute Gasteiger partial charge is 0.226 e. The molecular weight excluding hydrogens is 324 g/mol. The number of hydrogen-bond acceptors (Lipinski definition) is 4. The second-order valence-corrected chi connectivity index (χ2v) is 6.97. The Labute approximate surface area is 155 Å². The molecule has 1 amide bonds. The van der Waals surface area contributed by atoms with Crippen molar-refractivity contribution in [1.82, 2.24) is 9.88 Å². The number of nitrogens with two attached hydrogens (primary N) is 1. The molecule has 138 valence electrons. The van der Waals surface area contributed by atoms with Crippen LogP contribution in [0.15, 0.2) is 48.7 Å². The van der Waals surface area contributed by atoms with Gasteiger partial charge in [0.25, 0.3) is 0 Å². The summed E-state index contributed by atoms with van der Waals surface area (Å²) in [5.74, 6) is 1.81. The number of hydrogen-bond donors (Lipinski definition) is 1. The molecule has 1 aliphatic rings. The van der Waals surface area contributed by atoms with Crippen LogP contribution in [0, 0.1) is 5.92 Å². The highest BCUT2D eigenvalue weighted by Gasteiger charge is 2.23. The number of aromatic nitrogens is 1. The van der Waals surface area contributed by atoms with E-state index in [1.165, 1.54) is 0 Å². The molecule has 1 aromatic carbocycles. The van der Waals surface area contributed by atoms with Crippen LogP contribution in [-0.2, 0) is 11.2 Å². The van der Waals surface area contributed by atoms with Crippen molar-refractivity contribution in [2.24, 2.45) is 5.92 Å². The molecular formula is C21H28N4O. The average molecular weight is 352 g/mol. The quantitative estimate of drug-likeness (QED) is 0.812. The fourth-order valence-electron chi connectivity index (χ4n) is 3.53. The second kappa shape index (κ2) is 8.70. The van der Waals surface area contributed by atoms with Gasteiger partial charge in [0.15, 0.2) is 0 Å². The summed E-state index contributed by atoms with van der Waals surface area (Å²) >= 11 is 0. The monoisotopic (exact) mass is 352 g/mol. The number of amides is 1. The molecule has 1 aromatic heterocycles. The van der Waals surface area contributed by atoms with E-state index in [1.54, 1.807) is 0 Å². The van der Waals surface area contributed by atoms with E-state index >= 15 is 0 Å². The second-order valence-electron chi connectivity index (χ2n) is 6.97. The minimum atomic E-state index is 0.199. The number of likely N-dealkylation sites (N-methyl/N-ethyl adjacent to an activating group) is 1. The van der Waals surface area contributed by atoms with Crippen molar-refractivity contribution < 1.29 is 4.79 Å². The summed E-state index contributed by atoms with van der Waals surface area (Å²) in [7, 11) is 0. The third kappa shape index (κ3) is 4.75. The van der Waals surface area contributed by atoms with Crippen LogP contribution in [0.25, 0.3) is 0 Å². The van der Waals surface area contributed by atoms with Gasteiger partial charge in [0.1, 0.15) is 5.82 Å². The molecule has 2 aromatic rings. The van der Waals surface area contributed by atoms with Crippen molar-refractivity contribution in [2.45, 2.75) is 26.2 Å². The number of nitrogens with zero attached hydrogens (tertiary/aromatic N) is 3. The highest BCUT2D eigenvalue weighted by molar-refractivity contribution is 5.78. The summed E-state index contributed by atoms with van der Waals surface area (Å²) < 4.78 is 0. The van der Waals surface area contributed by atoms with Crippen LogP contribution in [0.3, 0.4) is 0 Å². The molecule has 1 fully saturated rings. The van der Waals surface area contributed by atoms with Gasteiger partial charge in [-0.15, -0.1) is 0 Å². The van der Waals surface area contributed by atoms with E-state index < -0.39 is 0 Å². The molecule has 2 heterocycles. The van der Waals surface area contributed by atoms with Crippen molar-refractivity contribution in [3.8, 4) is 0 Å². The van der Waals surface area contributed by atoms with E-state index in [0.29, 0.717) is 12.3 Å². The number of carbonyl (C=O) groups excluding carboxylic acids is 1. The van der Waals surface area contributed by atoms with Crippen LogP contribution >= 0.6 is 0 Å². The lowest BCUT2D eigenvalue weighted by Crippen LogP contribution is -2.41. The molecule has 1 saturated heterocycles. The molecule has 0 unspecified atom stereocenters. The molecule has 0 bridgehead atoms. The Balaban J connectivity index is 1.50. The minimum absolute atomic E-state index is 0.199. The van der Waals surface area contributed by atoms with Gasteiger partial charge < -0.3 is 15.5 Å². The Morgan fingerprint density at radius 3 is 2.54 bits per heavy atom. The summed E-state index contributed by atoms with van der Waals surface area (Å²) in [4.78, 5) is 21.4. The number of rotatable bonds is 6. The predicted molar refractivity (Wildman–Crippen MR) is 106 cm³/mol. The Morgan fingerprint density at radius 2 is 1.92 bits per heavy atom. The molecule has 26 heavy (non-hydrogen) atoms. The largest absolute Gasteiger partial charge is 0.399 e. The van der Waals surface area contributed by atoms with E-state index in [-0.39, 0.29) is 5.91 Å². The lowest BCUT2D eigenvalue weighted by atomic mass is 9.96. The van der Waals surface area contributed by atoms with Crippen LogP contribution in [0.5, 0.6) is 0 Å². The van der Waals surface area contributed by atoms with Crippen LogP contribution in [0.1, 0.15) is 25.3 Å². The van der Waals surface area contributed by atoms with Crippen molar-refractivity contribution in [3.63, 3.8) is 0 Å². The lowest BCUT2D eigenvalue weighted by Gasteiger charge is -2.35. The van der Waals surface area contributed by atoms with E-state index in [2.05, 4.69) is 22.9 Å². The molecule has 3 rings (SSSR count). The first-order chi connectivity index (χ1) is 12.7. The summed E-state index contributed by atoms with van der Waals surface area (Å²) in [6.45, 7) is 5.68. The highest BCUT2D eigenvalue weighted by Crippen LogP contribution is 2.22. The Hall–Kier alpha value is -2.56. The molecule has 5 heteroatoms. The SMILES string of the molecule is CCN(CC1CCN(c2ccccn2)CC1)C(=O)Cc1ccc(N)cc1. The first kappa shape index (κ1) is 18.2. The van der Waals surface area contributed by atoms with Crippen LogP contribution in [0.4, 0.5) is 11.5 Å². The van der Waals surface area contributed by atoms with E-state index in [0.717, 1.165) is 56.1 Å². The van der Waals surface area contributed by atoms with Crippen molar-refractivity contribution in [2.75, 3.05) is 36.8 Å². The van der Waals surface area contributed by atoms with Gasteiger partial charge in [0.2, 0.25) is 5.91 Å². The Bertz CT molecular complexity index is 694. The molecule has 5 nitrogen and oxygen atoms in total. The van der Waals surface area contributed by atoms with Gasteiger partial charge >= 0.3 is 0 Å². The topological polar surface area (TPSA) is 62.5 Å². The first-order valence-electron chi connectivity index (χ1n) is 9.44. The Morgan fingerprint density at radius 1 is 1.19 bits per heavy atom. The van der Waals surface area contributed by atoms with Crippen molar-refractivity contribution in [3.05, 3.63) is 54.2 Å². The number of anilines is 2. The number of carbonyl (C=O) groups is 1. The molecule has 0 atom stereocenters. The summed E-state index contributed by atoms with van der Waals surface area (Å²) in [5, 5.41) is 0. The van der Waals surface area contributed by atoms with Gasteiger partial charge in [0, 0.05) is 38.1 Å². The van der Waals surface area contributed by atoms with Crippen LogP contribution in [0.2, 0.25) is 0 Å². The fourth-order valence-corrected chi connectivity index (χ4v) is 3.53. The van der Waals surface area contributed by atoms with E-state index in [1.807, 2.05) is 47.5 Å². The maximum Gasteiger partial charge on any atom is 0.226 e. The minimum Gasteiger partial charge on any atom is -0.399 e. The maximum atomic E-state index is 12.7. The van der Waals surface area contributed by atoms with Gasteiger partial charge in [-0.25, -0.2) is 4.98 Å². The number of pyridine rings is 1.